The fourth-order valence-electron chi connectivity index (χ4n) is 3.44. The van der Waals surface area contributed by atoms with Crippen LogP contribution >= 0.6 is 12.4 Å². The topological polar surface area (TPSA) is 54.3 Å². The maximum atomic E-state index is 14.3. The molecule has 8 heteroatoms. The SMILES string of the molecule is Cl.ONC=Nc1ccc(N2CCN(CCN3CCCC3)CC2)c(F)c1. The zero-order valence-corrected chi connectivity index (χ0v) is 15.2. The molecule has 0 aromatic heterocycles. The van der Waals surface area contributed by atoms with E-state index in [1.54, 1.807) is 12.1 Å². The highest BCUT2D eigenvalue weighted by Gasteiger charge is 2.20. The number of anilines is 1. The number of benzene rings is 1. The van der Waals surface area contributed by atoms with Crippen LogP contribution in [0, 0.1) is 5.82 Å². The van der Waals surface area contributed by atoms with Gasteiger partial charge in [-0.15, -0.1) is 12.4 Å². The summed E-state index contributed by atoms with van der Waals surface area (Å²) in [5, 5.41) is 8.48. The predicted octanol–water partition coefficient (Wildman–Crippen LogP) is 2.10. The second-order valence-electron chi connectivity index (χ2n) is 6.40. The fraction of sp³-hybridized carbons (Fsp3) is 0.588. The molecule has 1 aromatic rings. The molecule has 0 radical (unpaired) electrons. The fourth-order valence-corrected chi connectivity index (χ4v) is 3.44. The molecule has 2 aliphatic heterocycles. The standard InChI is InChI=1S/C17H26FN5O.ClH/c18-16-13-15(19-14-20-24)3-4-17(16)23-11-9-22(10-12-23)8-7-21-5-1-2-6-21;/h3-4,13-14,24H,1-2,5-12H2,(H,19,20);1H. The Hall–Kier alpha value is -1.41. The number of rotatable bonds is 6. The Kier molecular flexibility index (Phi) is 7.90. The van der Waals surface area contributed by atoms with Gasteiger partial charge in [-0.2, -0.15) is 0 Å². The molecule has 0 bridgehead atoms. The number of nitrogens with one attached hydrogen (secondary N) is 1. The number of halogens is 2. The molecule has 0 saturated carbocycles. The minimum atomic E-state index is -0.270. The van der Waals surface area contributed by atoms with Crippen LogP contribution in [0.15, 0.2) is 23.2 Å². The first-order chi connectivity index (χ1) is 11.8. The molecule has 2 N–H and O–H groups in total. The maximum absolute atomic E-state index is 14.3. The van der Waals surface area contributed by atoms with Crippen molar-refractivity contribution in [3.8, 4) is 0 Å². The summed E-state index contributed by atoms with van der Waals surface area (Å²) in [6.07, 6.45) is 3.79. The van der Waals surface area contributed by atoms with Gasteiger partial charge in [0.2, 0.25) is 0 Å². The van der Waals surface area contributed by atoms with Gasteiger partial charge in [0, 0.05) is 45.3 Å². The summed E-state index contributed by atoms with van der Waals surface area (Å²) in [6.45, 7) is 8.38. The number of aliphatic imine (C=N–C) groups is 1. The molecule has 0 amide bonds. The van der Waals surface area contributed by atoms with Gasteiger partial charge in [0.05, 0.1) is 11.4 Å². The number of nitrogens with zero attached hydrogens (tertiary/aromatic N) is 4. The molecule has 2 fully saturated rings. The van der Waals surface area contributed by atoms with Crippen LogP contribution < -0.4 is 10.4 Å². The molecule has 0 unspecified atom stereocenters. The van der Waals surface area contributed by atoms with Crippen molar-refractivity contribution >= 4 is 30.1 Å². The number of piperazine rings is 1. The Bertz CT molecular complexity index is 560. The molecule has 3 rings (SSSR count). The lowest BCUT2D eigenvalue weighted by molar-refractivity contribution is 0.215. The highest BCUT2D eigenvalue weighted by molar-refractivity contribution is 5.85. The van der Waals surface area contributed by atoms with E-state index in [1.807, 2.05) is 5.48 Å². The van der Waals surface area contributed by atoms with Crippen LogP contribution in [0.5, 0.6) is 0 Å². The highest BCUT2D eigenvalue weighted by Crippen LogP contribution is 2.25. The Balaban J connectivity index is 0.00000225. The van der Waals surface area contributed by atoms with Gasteiger partial charge in [-0.05, 0) is 38.1 Å². The summed E-state index contributed by atoms with van der Waals surface area (Å²) in [7, 11) is 0. The van der Waals surface area contributed by atoms with Gasteiger partial charge in [0.15, 0.2) is 0 Å². The lowest BCUT2D eigenvalue weighted by Gasteiger charge is -2.36. The lowest BCUT2D eigenvalue weighted by Crippen LogP contribution is -2.48. The van der Waals surface area contributed by atoms with Crippen LogP contribution in [0.2, 0.25) is 0 Å². The van der Waals surface area contributed by atoms with Crippen molar-refractivity contribution < 1.29 is 9.60 Å². The summed E-state index contributed by atoms with van der Waals surface area (Å²) >= 11 is 0. The van der Waals surface area contributed by atoms with Crippen molar-refractivity contribution in [2.24, 2.45) is 4.99 Å². The number of hydrogen-bond donors (Lipinski definition) is 2. The van der Waals surface area contributed by atoms with Crippen LogP contribution in [-0.4, -0.2) is 73.7 Å². The molecular weight excluding hydrogens is 345 g/mol. The molecule has 140 valence electrons. The van der Waals surface area contributed by atoms with Crippen LogP contribution in [-0.2, 0) is 0 Å². The summed E-state index contributed by atoms with van der Waals surface area (Å²) in [6, 6.07) is 4.91. The first-order valence-electron chi connectivity index (χ1n) is 8.67. The first-order valence-corrected chi connectivity index (χ1v) is 8.67. The van der Waals surface area contributed by atoms with Gasteiger partial charge >= 0.3 is 0 Å². The van der Waals surface area contributed by atoms with E-state index in [2.05, 4.69) is 19.7 Å². The molecule has 0 aliphatic carbocycles. The maximum Gasteiger partial charge on any atom is 0.148 e. The van der Waals surface area contributed by atoms with E-state index < -0.39 is 0 Å². The largest absolute Gasteiger partial charge is 0.367 e. The van der Waals surface area contributed by atoms with Gasteiger partial charge in [-0.25, -0.2) is 9.38 Å². The smallest absolute Gasteiger partial charge is 0.148 e. The molecule has 25 heavy (non-hydrogen) atoms. The minimum Gasteiger partial charge on any atom is -0.367 e. The molecule has 2 heterocycles. The summed E-state index contributed by atoms with van der Waals surface area (Å²) in [5.41, 5.74) is 2.92. The van der Waals surface area contributed by atoms with E-state index in [1.165, 1.54) is 32.0 Å². The van der Waals surface area contributed by atoms with Crippen molar-refractivity contribution in [3.63, 3.8) is 0 Å². The minimum absolute atomic E-state index is 0. The van der Waals surface area contributed by atoms with Crippen molar-refractivity contribution in [2.45, 2.75) is 12.8 Å². The Morgan fingerprint density at radius 2 is 1.68 bits per heavy atom. The van der Waals surface area contributed by atoms with Crippen LogP contribution in [0.1, 0.15) is 12.8 Å². The molecule has 2 saturated heterocycles. The molecular formula is C17H27ClFN5O. The Labute approximate surface area is 154 Å². The zero-order chi connectivity index (χ0) is 16.8. The first kappa shape index (κ1) is 19.9. The molecule has 1 aromatic carbocycles. The van der Waals surface area contributed by atoms with Crippen LogP contribution in [0.25, 0.3) is 0 Å². The third kappa shape index (κ3) is 5.54. The van der Waals surface area contributed by atoms with E-state index >= 15 is 0 Å². The number of likely N-dealkylation sites (tertiary alicyclic amines) is 1. The van der Waals surface area contributed by atoms with E-state index in [0.717, 1.165) is 45.6 Å². The monoisotopic (exact) mass is 371 g/mol. The van der Waals surface area contributed by atoms with E-state index in [0.29, 0.717) is 11.4 Å². The quantitative estimate of drug-likeness (QED) is 0.455. The lowest BCUT2D eigenvalue weighted by atomic mass is 10.2. The average molecular weight is 372 g/mol. The summed E-state index contributed by atoms with van der Waals surface area (Å²) in [4.78, 5) is 11.0. The predicted molar refractivity (Wildman–Crippen MR) is 101 cm³/mol. The summed E-state index contributed by atoms with van der Waals surface area (Å²) in [5.74, 6) is -0.270. The second kappa shape index (κ2) is 9.91. The van der Waals surface area contributed by atoms with Crippen molar-refractivity contribution in [3.05, 3.63) is 24.0 Å². The Morgan fingerprint density at radius 3 is 2.28 bits per heavy atom. The zero-order valence-electron chi connectivity index (χ0n) is 14.4. The molecule has 0 atom stereocenters. The highest BCUT2D eigenvalue weighted by atomic mass is 35.5. The number of hydrogen-bond acceptors (Lipinski definition) is 5. The molecule has 0 spiro atoms. The third-order valence-electron chi connectivity index (χ3n) is 4.85. The number of hydroxylamine groups is 1. The normalized spacial score (nSPS) is 19.4. The van der Waals surface area contributed by atoms with E-state index in [9.17, 15) is 4.39 Å². The molecule has 2 aliphatic rings. The van der Waals surface area contributed by atoms with Crippen molar-refractivity contribution in [2.75, 3.05) is 57.3 Å². The second-order valence-corrected chi connectivity index (χ2v) is 6.40. The van der Waals surface area contributed by atoms with Crippen molar-refractivity contribution in [1.82, 2.24) is 15.3 Å². The van der Waals surface area contributed by atoms with E-state index in [4.69, 9.17) is 5.21 Å². The summed E-state index contributed by atoms with van der Waals surface area (Å²) < 4.78 is 14.3. The van der Waals surface area contributed by atoms with Gasteiger partial charge in [0.1, 0.15) is 12.2 Å². The van der Waals surface area contributed by atoms with Crippen LogP contribution in [0.3, 0.4) is 0 Å². The third-order valence-corrected chi connectivity index (χ3v) is 4.85. The molecule has 6 nitrogen and oxygen atoms in total. The van der Waals surface area contributed by atoms with Crippen molar-refractivity contribution in [1.29, 1.82) is 0 Å². The van der Waals surface area contributed by atoms with Gasteiger partial charge in [0.25, 0.3) is 0 Å². The van der Waals surface area contributed by atoms with Crippen LogP contribution in [0.4, 0.5) is 15.8 Å². The van der Waals surface area contributed by atoms with Gasteiger partial charge in [-0.1, -0.05) is 0 Å². The van der Waals surface area contributed by atoms with E-state index in [-0.39, 0.29) is 18.2 Å². The van der Waals surface area contributed by atoms with Gasteiger partial charge in [-0.3, -0.25) is 15.6 Å². The average Bonchev–Trinajstić information content (AvgIpc) is 3.12. The van der Waals surface area contributed by atoms with Gasteiger partial charge < -0.3 is 9.80 Å². The Morgan fingerprint density at radius 1 is 1.04 bits per heavy atom.